The molecule has 0 saturated heterocycles. The van der Waals surface area contributed by atoms with Crippen molar-refractivity contribution in [1.82, 2.24) is 5.32 Å². The molecule has 0 aliphatic heterocycles. The van der Waals surface area contributed by atoms with Crippen LogP contribution in [0.1, 0.15) is 17.5 Å². The molecule has 2 aromatic carbocycles. The van der Waals surface area contributed by atoms with Gasteiger partial charge in [-0.15, -0.1) is 0 Å². The highest BCUT2D eigenvalue weighted by Crippen LogP contribution is 2.19. The minimum atomic E-state index is 0.00223. The van der Waals surface area contributed by atoms with Crippen LogP contribution in [0, 0.1) is 6.92 Å². The maximum absolute atomic E-state index is 11.8. The van der Waals surface area contributed by atoms with Crippen molar-refractivity contribution in [3.63, 3.8) is 0 Å². The SMILES string of the molecule is Cc1cc(Cl)ccc1NCC(=O)NCCCc1ccccc1. The third kappa shape index (κ3) is 5.41. The zero-order valence-corrected chi connectivity index (χ0v) is 13.5. The molecule has 0 radical (unpaired) electrons. The van der Waals surface area contributed by atoms with Crippen molar-refractivity contribution in [3.8, 4) is 0 Å². The molecule has 22 heavy (non-hydrogen) atoms. The molecule has 0 fully saturated rings. The summed E-state index contributed by atoms with van der Waals surface area (Å²) >= 11 is 5.91. The first-order chi connectivity index (χ1) is 10.6. The molecule has 0 spiro atoms. The summed E-state index contributed by atoms with van der Waals surface area (Å²) in [5, 5.41) is 6.76. The molecule has 116 valence electrons. The van der Waals surface area contributed by atoms with E-state index < -0.39 is 0 Å². The lowest BCUT2D eigenvalue weighted by molar-refractivity contribution is -0.119. The van der Waals surface area contributed by atoms with Crippen LogP contribution >= 0.6 is 11.6 Å². The summed E-state index contributed by atoms with van der Waals surface area (Å²) in [4.78, 5) is 11.8. The molecule has 0 atom stereocenters. The summed E-state index contributed by atoms with van der Waals surface area (Å²) in [6.45, 7) is 2.93. The van der Waals surface area contributed by atoms with Crippen LogP contribution in [0.25, 0.3) is 0 Å². The molecule has 3 nitrogen and oxygen atoms in total. The number of hydrogen-bond donors (Lipinski definition) is 2. The Morgan fingerprint density at radius 3 is 2.64 bits per heavy atom. The van der Waals surface area contributed by atoms with E-state index in [2.05, 4.69) is 22.8 Å². The Balaban J connectivity index is 1.65. The predicted octanol–water partition coefficient (Wildman–Crippen LogP) is 3.81. The molecule has 0 unspecified atom stereocenters. The van der Waals surface area contributed by atoms with Crippen LogP contribution in [0.2, 0.25) is 5.02 Å². The normalized spacial score (nSPS) is 10.3. The van der Waals surface area contributed by atoms with Crippen LogP contribution in [0.15, 0.2) is 48.5 Å². The molecule has 2 N–H and O–H groups in total. The van der Waals surface area contributed by atoms with E-state index >= 15 is 0 Å². The summed E-state index contributed by atoms with van der Waals surface area (Å²) in [5.41, 5.74) is 3.26. The van der Waals surface area contributed by atoms with E-state index in [0.717, 1.165) is 24.1 Å². The molecule has 0 aliphatic rings. The molecular formula is C18H21ClN2O. The Hall–Kier alpha value is -2.00. The maximum Gasteiger partial charge on any atom is 0.239 e. The van der Waals surface area contributed by atoms with Gasteiger partial charge in [0.15, 0.2) is 0 Å². The van der Waals surface area contributed by atoms with Gasteiger partial charge in [-0.2, -0.15) is 0 Å². The summed E-state index contributed by atoms with van der Waals surface area (Å²) in [6.07, 6.45) is 1.92. The molecule has 0 bridgehead atoms. The van der Waals surface area contributed by atoms with Gasteiger partial charge in [0, 0.05) is 17.3 Å². The lowest BCUT2D eigenvalue weighted by Gasteiger charge is -2.10. The fourth-order valence-electron chi connectivity index (χ4n) is 2.23. The number of aryl methyl sites for hydroxylation is 2. The van der Waals surface area contributed by atoms with Gasteiger partial charge in [0.2, 0.25) is 5.91 Å². The molecule has 2 rings (SSSR count). The van der Waals surface area contributed by atoms with E-state index in [4.69, 9.17) is 11.6 Å². The summed E-state index contributed by atoms with van der Waals surface area (Å²) in [5.74, 6) is 0.00223. The summed E-state index contributed by atoms with van der Waals surface area (Å²) < 4.78 is 0. The van der Waals surface area contributed by atoms with Crippen molar-refractivity contribution < 1.29 is 4.79 Å². The van der Waals surface area contributed by atoms with Crippen molar-refractivity contribution in [2.24, 2.45) is 0 Å². The van der Waals surface area contributed by atoms with E-state index in [-0.39, 0.29) is 12.5 Å². The number of anilines is 1. The second kappa shape index (κ2) is 8.44. The Bertz CT molecular complexity index is 614. The minimum Gasteiger partial charge on any atom is -0.376 e. The van der Waals surface area contributed by atoms with Crippen LogP contribution in [0.5, 0.6) is 0 Å². The predicted molar refractivity (Wildman–Crippen MR) is 92.5 cm³/mol. The van der Waals surface area contributed by atoms with E-state index in [1.54, 1.807) is 0 Å². The van der Waals surface area contributed by atoms with Crippen molar-refractivity contribution in [2.75, 3.05) is 18.4 Å². The average Bonchev–Trinajstić information content (AvgIpc) is 2.52. The van der Waals surface area contributed by atoms with E-state index in [9.17, 15) is 4.79 Å². The van der Waals surface area contributed by atoms with Gasteiger partial charge in [-0.3, -0.25) is 4.79 Å². The van der Waals surface area contributed by atoms with Crippen LogP contribution in [-0.2, 0) is 11.2 Å². The van der Waals surface area contributed by atoms with Crippen LogP contribution in [0.3, 0.4) is 0 Å². The second-order valence-electron chi connectivity index (χ2n) is 5.25. The average molecular weight is 317 g/mol. The number of amides is 1. The molecule has 0 heterocycles. The van der Waals surface area contributed by atoms with Gasteiger partial charge in [0.05, 0.1) is 6.54 Å². The Morgan fingerprint density at radius 2 is 1.91 bits per heavy atom. The number of halogens is 1. The van der Waals surface area contributed by atoms with Gasteiger partial charge in [-0.1, -0.05) is 41.9 Å². The van der Waals surface area contributed by atoms with Crippen LogP contribution in [0.4, 0.5) is 5.69 Å². The molecule has 1 amide bonds. The minimum absolute atomic E-state index is 0.00223. The van der Waals surface area contributed by atoms with Gasteiger partial charge in [0.25, 0.3) is 0 Å². The molecule has 2 aromatic rings. The maximum atomic E-state index is 11.8. The van der Waals surface area contributed by atoms with Crippen molar-refractivity contribution >= 4 is 23.2 Å². The first-order valence-corrected chi connectivity index (χ1v) is 7.83. The first kappa shape index (κ1) is 16.4. The number of hydrogen-bond acceptors (Lipinski definition) is 2. The highest BCUT2D eigenvalue weighted by atomic mass is 35.5. The lowest BCUT2D eigenvalue weighted by atomic mass is 10.1. The Labute approximate surface area is 136 Å². The lowest BCUT2D eigenvalue weighted by Crippen LogP contribution is -2.30. The summed E-state index contributed by atoms with van der Waals surface area (Å²) in [6, 6.07) is 15.9. The number of nitrogens with one attached hydrogen (secondary N) is 2. The third-order valence-electron chi connectivity index (χ3n) is 3.44. The molecular weight excluding hydrogens is 296 g/mol. The molecule has 0 saturated carbocycles. The second-order valence-corrected chi connectivity index (χ2v) is 5.69. The van der Waals surface area contributed by atoms with Gasteiger partial charge in [-0.25, -0.2) is 0 Å². The number of rotatable bonds is 7. The quantitative estimate of drug-likeness (QED) is 0.763. The smallest absolute Gasteiger partial charge is 0.239 e. The molecule has 4 heteroatoms. The number of carbonyl (C=O) groups is 1. The fraction of sp³-hybridized carbons (Fsp3) is 0.278. The van der Waals surface area contributed by atoms with Gasteiger partial charge in [-0.05, 0) is 49.1 Å². The van der Waals surface area contributed by atoms with Gasteiger partial charge >= 0.3 is 0 Å². The number of benzene rings is 2. The zero-order valence-electron chi connectivity index (χ0n) is 12.7. The molecule has 0 aliphatic carbocycles. The fourth-order valence-corrected chi connectivity index (χ4v) is 2.46. The topological polar surface area (TPSA) is 41.1 Å². The zero-order chi connectivity index (χ0) is 15.8. The monoisotopic (exact) mass is 316 g/mol. The van der Waals surface area contributed by atoms with Crippen LogP contribution < -0.4 is 10.6 Å². The van der Waals surface area contributed by atoms with E-state index in [0.29, 0.717) is 11.6 Å². The van der Waals surface area contributed by atoms with Crippen molar-refractivity contribution in [1.29, 1.82) is 0 Å². The largest absolute Gasteiger partial charge is 0.376 e. The highest BCUT2D eigenvalue weighted by molar-refractivity contribution is 6.30. The Kier molecular flexibility index (Phi) is 6.28. The van der Waals surface area contributed by atoms with Crippen molar-refractivity contribution in [2.45, 2.75) is 19.8 Å². The standard InChI is InChI=1S/C18H21ClN2O/c1-14-12-16(19)9-10-17(14)21-13-18(22)20-11-5-8-15-6-3-2-4-7-15/h2-4,6-7,9-10,12,21H,5,8,11,13H2,1H3,(H,20,22). The Morgan fingerprint density at radius 1 is 1.14 bits per heavy atom. The third-order valence-corrected chi connectivity index (χ3v) is 3.67. The van der Waals surface area contributed by atoms with Crippen molar-refractivity contribution in [3.05, 3.63) is 64.7 Å². The highest BCUT2D eigenvalue weighted by Gasteiger charge is 2.03. The summed E-state index contributed by atoms with van der Waals surface area (Å²) in [7, 11) is 0. The van der Waals surface area contributed by atoms with E-state index in [1.807, 2.05) is 43.3 Å². The van der Waals surface area contributed by atoms with Gasteiger partial charge < -0.3 is 10.6 Å². The molecule has 0 aromatic heterocycles. The van der Waals surface area contributed by atoms with E-state index in [1.165, 1.54) is 5.56 Å². The number of carbonyl (C=O) groups excluding carboxylic acids is 1. The first-order valence-electron chi connectivity index (χ1n) is 7.46. The van der Waals surface area contributed by atoms with Gasteiger partial charge in [0.1, 0.15) is 0 Å². The van der Waals surface area contributed by atoms with Crippen LogP contribution in [-0.4, -0.2) is 19.0 Å².